The van der Waals surface area contributed by atoms with Crippen LogP contribution in [0.1, 0.15) is 11.4 Å². The van der Waals surface area contributed by atoms with E-state index in [0.717, 1.165) is 6.20 Å². The molecule has 5 nitrogen and oxygen atoms in total. The van der Waals surface area contributed by atoms with Gasteiger partial charge >= 0.3 is 12.1 Å². The summed E-state index contributed by atoms with van der Waals surface area (Å²) in [6.07, 6.45) is -3.85. The number of fused-ring (bicyclic) bond motifs is 1. The van der Waals surface area contributed by atoms with Crippen molar-refractivity contribution in [3.05, 3.63) is 59.0 Å². The fourth-order valence-electron chi connectivity index (χ4n) is 2.08. The van der Waals surface area contributed by atoms with Gasteiger partial charge in [0, 0.05) is 6.20 Å². The standard InChI is InChI=1S/C15H9ClF3N3O2/c16-10-7-11-13(20-8-10)21-14(15(17,18)19)22(11)24-12(23)6-9-4-2-1-3-5-9/h1-5,7-8H,6H2. The normalized spacial score (nSPS) is 11.7. The molecule has 0 saturated carbocycles. The van der Waals surface area contributed by atoms with Crippen LogP contribution in [-0.2, 0) is 17.4 Å². The van der Waals surface area contributed by atoms with Crippen molar-refractivity contribution in [3.63, 3.8) is 0 Å². The second-order valence-electron chi connectivity index (χ2n) is 4.85. The largest absolute Gasteiger partial charge is 0.453 e. The Morgan fingerprint density at radius 2 is 1.96 bits per heavy atom. The SMILES string of the molecule is O=C(Cc1ccccc1)On1c(C(F)(F)F)nc2ncc(Cl)cc21. The Morgan fingerprint density at radius 1 is 1.25 bits per heavy atom. The number of pyridine rings is 1. The zero-order valence-corrected chi connectivity index (χ0v) is 12.7. The highest BCUT2D eigenvalue weighted by Crippen LogP contribution is 2.31. The molecule has 0 unspecified atom stereocenters. The van der Waals surface area contributed by atoms with Crippen LogP contribution in [0.4, 0.5) is 13.2 Å². The third kappa shape index (κ3) is 3.33. The molecule has 0 atom stereocenters. The Hall–Kier alpha value is -2.61. The summed E-state index contributed by atoms with van der Waals surface area (Å²) in [6.45, 7) is 0. The smallest absolute Gasteiger partial charge is 0.334 e. The average molecular weight is 356 g/mol. The molecule has 2 aromatic heterocycles. The summed E-state index contributed by atoms with van der Waals surface area (Å²) in [5.41, 5.74) is 0.243. The number of benzene rings is 1. The van der Waals surface area contributed by atoms with E-state index < -0.39 is 18.0 Å². The van der Waals surface area contributed by atoms with Crippen LogP contribution in [0.25, 0.3) is 11.2 Å². The molecule has 0 aliphatic heterocycles. The molecule has 2 heterocycles. The van der Waals surface area contributed by atoms with Crippen LogP contribution in [0.5, 0.6) is 0 Å². The maximum Gasteiger partial charge on any atom is 0.453 e. The number of carbonyl (C=O) groups excluding carboxylic acids is 1. The van der Waals surface area contributed by atoms with Crippen LogP contribution >= 0.6 is 11.6 Å². The van der Waals surface area contributed by atoms with E-state index in [4.69, 9.17) is 16.4 Å². The van der Waals surface area contributed by atoms with Crippen LogP contribution in [0, 0.1) is 0 Å². The molecule has 24 heavy (non-hydrogen) atoms. The van der Waals surface area contributed by atoms with Crippen LogP contribution in [0.2, 0.25) is 5.02 Å². The van der Waals surface area contributed by atoms with E-state index in [2.05, 4.69) is 9.97 Å². The van der Waals surface area contributed by atoms with Crippen molar-refractivity contribution in [2.75, 3.05) is 0 Å². The van der Waals surface area contributed by atoms with Gasteiger partial charge in [0.2, 0.25) is 0 Å². The highest BCUT2D eigenvalue weighted by atomic mass is 35.5. The summed E-state index contributed by atoms with van der Waals surface area (Å²) in [6, 6.07) is 9.70. The van der Waals surface area contributed by atoms with Crippen molar-refractivity contribution in [2.24, 2.45) is 0 Å². The predicted molar refractivity (Wildman–Crippen MR) is 79.3 cm³/mol. The molecule has 0 spiro atoms. The minimum atomic E-state index is -4.82. The summed E-state index contributed by atoms with van der Waals surface area (Å²) in [4.78, 5) is 24.0. The monoisotopic (exact) mass is 355 g/mol. The predicted octanol–water partition coefficient (Wildman–Crippen LogP) is 3.30. The molecule has 0 N–H and O–H groups in total. The van der Waals surface area contributed by atoms with Crippen LogP contribution in [0.15, 0.2) is 42.6 Å². The molecular weight excluding hydrogens is 347 g/mol. The number of hydrogen-bond donors (Lipinski definition) is 0. The van der Waals surface area contributed by atoms with E-state index in [-0.39, 0.29) is 22.6 Å². The molecule has 0 aliphatic carbocycles. The molecule has 0 amide bonds. The van der Waals surface area contributed by atoms with Gasteiger partial charge in [0.05, 0.1) is 11.4 Å². The van der Waals surface area contributed by atoms with E-state index in [1.807, 2.05) is 0 Å². The van der Waals surface area contributed by atoms with Crippen LogP contribution in [-0.4, -0.2) is 20.7 Å². The molecule has 124 valence electrons. The van der Waals surface area contributed by atoms with E-state index in [9.17, 15) is 18.0 Å². The summed E-state index contributed by atoms with van der Waals surface area (Å²) >= 11 is 5.76. The second-order valence-corrected chi connectivity index (χ2v) is 5.29. The van der Waals surface area contributed by atoms with Crippen molar-refractivity contribution in [1.29, 1.82) is 0 Å². The van der Waals surface area contributed by atoms with Crippen molar-refractivity contribution < 1.29 is 22.8 Å². The number of rotatable bonds is 3. The number of alkyl halides is 3. The third-order valence-electron chi connectivity index (χ3n) is 3.07. The minimum absolute atomic E-state index is 0.0940. The first-order valence-corrected chi connectivity index (χ1v) is 7.08. The lowest BCUT2D eigenvalue weighted by molar-refractivity contribution is -0.161. The second kappa shape index (κ2) is 6.12. The van der Waals surface area contributed by atoms with E-state index >= 15 is 0 Å². The van der Waals surface area contributed by atoms with Gasteiger partial charge < -0.3 is 4.84 Å². The summed E-state index contributed by atoms with van der Waals surface area (Å²) < 4.78 is 39.7. The van der Waals surface area contributed by atoms with Gasteiger partial charge in [0.25, 0.3) is 5.82 Å². The summed E-state index contributed by atoms with van der Waals surface area (Å²) in [5, 5.41) is 0.0940. The molecule has 9 heteroatoms. The molecule has 0 bridgehead atoms. The number of hydrogen-bond acceptors (Lipinski definition) is 4. The fourth-order valence-corrected chi connectivity index (χ4v) is 2.24. The first kappa shape index (κ1) is 16.3. The molecule has 1 aromatic carbocycles. The maximum absolute atomic E-state index is 13.1. The molecule has 3 aromatic rings. The quantitative estimate of drug-likeness (QED) is 0.723. The Kier molecular flexibility index (Phi) is 4.15. The van der Waals surface area contributed by atoms with Crippen molar-refractivity contribution in [3.8, 4) is 0 Å². The zero-order valence-electron chi connectivity index (χ0n) is 11.9. The maximum atomic E-state index is 13.1. The minimum Gasteiger partial charge on any atom is -0.334 e. The number of halogens is 4. The summed E-state index contributed by atoms with van der Waals surface area (Å²) in [7, 11) is 0. The van der Waals surface area contributed by atoms with E-state index in [1.54, 1.807) is 30.3 Å². The van der Waals surface area contributed by atoms with Crippen molar-refractivity contribution >= 4 is 28.7 Å². The Balaban J connectivity index is 1.98. The lowest BCUT2D eigenvalue weighted by Crippen LogP contribution is -2.26. The fraction of sp³-hybridized carbons (Fsp3) is 0.133. The third-order valence-corrected chi connectivity index (χ3v) is 3.28. The van der Waals surface area contributed by atoms with Gasteiger partial charge in [-0.3, -0.25) is 0 Å². The highest BCUT2D eigenvalue weighted by Gasteiger charge is 2.39. The topological polar surface area (TPSA) is 57.0 Å². The first-order chi connectivity index (χ1) is 11.3. The van der Waals surface area contributed by atoms with Crippen molar-refractivity contribution in [1.82, 2.24) is 14.7 Å². The highest BCUT2D eigenvalue weighted by molar-refractivity contribution is 6.31. The summed E-state index contributed by atoms with van der Waals surface area (Å²) in [5.74, 6) is -2.25. The molecule has 3 rings (SSSR count). The van der Waals surface area contributed by atoms with Gasteiger partial charge in [-0.2, -0.15) is 13.2 Å². The van der Waals surface area contributed by atoms with Crippen LogP contribution < -0.4 is 4.84 Å². The van der Waals surface area contributed by atoms with Gasteiger partial charge in [-0.25, -0.2) is 14.8 Å². The Bertz CT molecular complexity index is 894. The number of imidazole rings is 1. The average Bonchev–Trinajstić information content (AvgIpc) is 2.86. The van der Waals surface area contributed by atoms with Gasteiger partial charge in [0.1, 0.15) is 5.52 Å². The lowest BCUT2D eigenvalue weighted by atomic mass is 10.2. The Labute approximate surface area is 138 Å². The first-order valence-electron chi connectivity index (χ1n) is 6.71. The van der Waals surface area contributed by atoms with Crippen molar-refractivity contribution in [2.45, 2.75) is 12.6 Å². The van der Waals surface area contributed by atoms with E-state index in [1.165, 1.54) is 6.07 Å². The number of aromatic nitrogens is 3. The molecular formula is C15H9ClF3N3O2. The van der Waals surface area contributed by atoms with Gasteiger partial charge in [-0.15, -0.1) is 4.73 Å². The molecule has 0 fully saturated rings. The molecule has 0 saturated heterocycles. The van der Waals surface area contributed by atoms with Crippen LogP contribution in [0.3, 0.4) is 0 Å². The van der Waals surface area contributed by atoms with Gasteiger partial charge in [0.15, 0.2) is 5.65 Å². The van der Waals surface area contributed by atoms with Gasteiger partial charge in [-0.1, -0.05) is 41.9 Å². The zero-order chi connectivity index (χ0) is 17.3. The lowest BCUT2D eigenvalue weighted by Gasteiger charge is -2.10. The number of nitrogens with zero attached hydrogens (tertiary/aromatic N) is 3. The molecule has 0 aliphatic rings. The Morgan fingerprint density at radius 3 is 2.62 bits per heavy atom. The molecule has 0 radical (unpaired) electrons. The van der Waals surface area contributed by atoms with E-state index in [0.29, 0.717) is 10.3 Å². The van der Waals surface area contributed by atoms with Gasteiger partial charge in [-0.05, 0) is 11.6 Å². The number of carbonyl (C=O) groups is 1.